The van der Waals surface area contributed by atoms with Crippen LogP contribution < -0.4 is 10.7 Å². The van der Waals surface area contributed by atoms with E-state index in [2.05, 4.69) is 10.3 Å². The van der Waals surface area contributed by atoms with Gasteiger partial charge in [-0.3, -0.25) is 4.79 Å². The fraction of sp³-hybridized carbons (Fsp3) is 0.190. The summed E-state index contributed by atoms with van der Waals surface area (Å²) in [5, 5.41) is 16.0. The van der Waals surface area contributed by atoms with Crippen LogP contribution in [0.5, 0.6) is 5.75 Å². The highest BCUT2D eigenvalue weighted by Crippen LogP contribution is 2.41. The molecule has 0 radical (unpaired) electrons. The Bertz CT molecular complexity index is 1400. The molecule has 148 valence electrons. The molecule has 0 spiro atoms. The SMILES string of the molecule is CCNc1c(O)c(CCC=S(=O)=O)cc2c(=O)cc3oc4ccccc4nc-3c12. The lowest BCUT2D eigenvalue weighted by Gasteiger charge is -2.17. The van der Waals surface area contributed by atoms with E-state index in [9.17, 15) is 18.3 Å². The largest absolute Gasteiger partial charge is 0.505 e. The van der Waals surface area contributed by atoms with E-state index in [1.165, 1.54) is 6.07 Å². The molecule has 0 amide bonds. The van der Waals surface area contributed by atoms with Crippen molar-refractivity contribution in [2.45, 2.75) is 19.8 Å². The zero-order chi connectivity index (χ0) is 20.5. The van der Waals surface area contributed by atoms with E-state index in [0.717, 1.165) is 5.37 Å². The Morgan fingerprint density at radius 1 is 1.24 bits per heavy atom. The van der Waals surface area contributed by atoms with Gasteiger partial charge in [0.05, 0.1) is 5.69 Å². The van der Waals surface area contributed by atoms with Gasteiger partial charge in [-0.25, -0.2) is 4.98 Å². The van der Waals surface area contributed by atoms with Crippen molar-refractivity contribution in [3.8, 4) is 17.2 Å². The van der Waals surface area contributed by atoms with Crippen LogP contribution in [0.15, 0.2) is 45.6 Å². The number of anilines is 1. The molecule has 2 aliphatic rings. The number of aromatic hydroxyl groups is 1. The summed E-state index contributed by atoms with van der Waals surface area (Å²) < 4.78 is 27.4. The van der Waals surface area contributed by atoms with Crippen molar-refractivity contribution < 1.29 is 17.9 Å². The van der Waals surface area contributed by atoms with Crippen LogP contribution in [0.3, 0.4) is 0 Å². The number of phenolic OH excluding ortho intramolecular Hbond substituents is 1. The van der Waals surface area contributed by atoms with Gasteiger partial charge in [-0.15, -0.1) is 0 Å². The molecule has 1 aliphatic carbocycles. The fourth-order valence-corrected chi connectivity index (χ4v) is 3.78. The predicted molar refractivity (Wildman–Crippen MR) is 114 cm³/mol. The van der Waals surface area contributed by atoms with Gasteiger partial charge in [-0.2, -0.15) is 8.42 Å². The fourth-order valence-electron chi connectivity index (χ4n) is 3.47. The van der Waals surface area contributed by atoms with Crippen LogP contribution in [0.2, 0.25) is 0 Å². The summed E-state index contributed by atoms with van der Waals surface area (Å²) in [5.74, 6) is 0.314. The maximum Gasteiger partial charge on any atom is 0.209 e. The minimum absolute atomic E-state index is 0.0220. The maximum absolute atomic E-state index is 12.8. The molecule has 1 heterocycles. The molecule has 29 heavy (non-hydrogen) atoms. The summed E-state index contributed by atoms with van der Waals surface area (Å²) in [6.07, 6.45) is 0.502. The molecule has 2 aromatic rings. The molecular weight excluding hydrogens is 392 g/mol. The lowest BCUT2D eigenvalue weighted by atomic mass is 9.97. The quantitative estimate of drug-likeness (QED) is 0.225. The molecule has 2 N–H and O–H groups in total. The third kappa shape index (κ3) is 3.42. The number of aryl methyl sites for hydroxylation is 1. The number of fused-ring (bicyclic) bond motifs is 4. The normalized spacial score (nSPS) is 11.2. The van der Waals surface area contributed by atoms with Crippen molar-refractivity contribution in [1.29, 1.82) is 0 Å². The maximum atomic E-state index is 12.8. The summed E-state index contributed by atoms with van der Waals surface area (Å²) >= 11 is 0. The zero-order valence-electron chi connectivity index (χ0n) is 15.6. The Morgan fingerprint density at radius 2 is 2.03 bits per heavy atom. The number of hydrogen-bond acceptors (Lipinski definition) is 7. The second-order valence-electron chi connectivity index (χ2n) is 6.58. The standard InChI is InChI=1S/C21H18N2O5S/c1-2-22-20-18-13(10-12(21(20)25)6-5-9-29(26)27)15(24)11-17-19(18)23-14-7-3-4-8-16(14)28-17/h3-4,7-11,22,25H,2,5-6H2,1H3. The lowest BCUT2D eigenvalue weighted by Crippen LogP contribution is -2.09. The van der Waals surface area contributed by atoms with Crippen molar-refractivity contribution in [1.82, 2.24) is 4.98 Å². The molecule has 7 nitrogen and oxygen atoms in total. The number of para-hydroxylation sites is 2. The van der Waals surface area contributed by atoms with Gasteiger partial charge in [0.2, 0.25) is 10.3 Å². The molecule has 0 fully saturated rings. The average Bonchev–Trinajstić information content (AvgIpc) is 2.69. The smallest absolute Gasteiger partial charge is 0.209 e. The highest BCUT2D eigenvalue weighted by atomic mass is 32.2. The second-order valence-corrected chi connectivity index (χ2v) is 7.44. The van der Waals surface area contributed by atoms with Crippen LogP contribution in [0.4, 0.5) is 5.69 Å². The number of aromatic nitrogens is 1. The van der Waals surface area contributed by atoms with E-state index in [-0.39, 0.29) is 24.0 Å². The molecule has 0 saturated heterocycles. The zero-order valence-corrected chi connectivity index (χ0v) is 16.4. The monoisotopic (exact) mass is 410 g/mol. The van der Waals surface area contributed by atoms with E-state index in [1.54, 1.807) is 12.1 Å². The van der Waals surface area contributed by atoms with Gasteiger partial charge in [-0.1, -0.05) is 12.1 Å². The van der Waals surface area contributed by atoms with Crippen LogP contribution in [0.25, 0.3) is 33.3 Å². The third-order valence-corrected chi connectivity index (χ3v) is 5.22. The van der Waals surface area contributed by atoms with Crippen molar-refractivity contribution in [2.24, 2.45) is 0 Å². The van der Waals surface area contributed by atoms with Gasteiger partial charge in [0.25, 0.3) is 0 Å². The molecule has 2 aromatic carbocycles. The van der Waals surface area contributed by atoms with Crippen LogP contribution in [-0.4, -0.2) is 30.4 Å². The first-order valence-electron chi connectivity index (χ1n) is 9.16. The molecule has 4 rings (SSSR count). The predicted octanol–water partition coefficient (Wildman–Crippen LogP) is 3.20. The molecule has 0 saturated carbocycles. The van der Waals surface area contributed by atoms with Gasteiger partial charge < -0.3 is 14.8 Å². The number of benzene rings is 3. The Morgan fingerprint density at radius 3 is 2.79 bits per heavy atom. The number of nitrogens with one attached hydrogen (secondary N) is 1. The van der Waals surface area contributed by atoms with E-state index < -0.39 is 10.3 Å². The first-order chi connectivity index (χ1) is 14.0. The van der Waals surface area contributed by atoms with Crippen molar-refractivity contribution in [3.63, 3.8) is 0 Å². The second kappa shape index (κ2) is 7.56. The molecule has 1 aliphatic heterocycles. The topological polar surface area (TPSA) is 110 Å². The Kier molecular flexibility index (Phi) is 4.94. The summed E-state index contributed by atoms with van der Waals surface area (Å²) in [6.45, 7) is 2.39. The van der Waals surface area contributed by atoms with E-state index >= 15 is 0 Å². The molecule has 0 unspecified atom stereocenters. The molecule has 0 bridgehead atoms. The Hall–Kier alpha value is -3.39. The summed E-state index contributed by atoms with van der Waals surface area (Å²) in [6, 6.07) is 10.3. The average molecular weight is 410 g/mol. The van der Waals surface area contributed by atoms with Crippen molar-refractivity contribution in [2.75, 3.05) is 11.9 Å². The highest BCUT2D eigenvalue weighted by molar-refractivity contribution is 7.71. The van der Waals surface area contributed by atoms with Gasteiger partial charge in [0.1, 0.15) is 17.0 Å². The molecule has 0 atom stereocenters. The van der Waals surface area contributed by atoms with E-state index in [4.69, 9.17) is 4.42 Å². The molecular formula is C21H18N2O5S. The summed E-state index contributed by atoms with van der Waals surface area (Å²) in [7, 11) is -2.27. The highest BCUT2D eigenvalue weighted by Gasteiger charge is 2.22. The number of hydrogen-bond donors (Lipinski definition) is 2. The minimum Gasteiger partial charge on any atom is -0.505 e. The van der Waals surface area contributed by atoms with Crippen LogP contribution in [0.1, 0.15) is 18.9 Å². The van der Waals surface area contributed by atoms with Gasteiger partial charge >= 0.3 is 0 Å². The Labute approximate surface area is 167 Å². The number of nitrogens with zero attached hydrogens (tertiary/aromatic N) is 1. The summed E-state index contributed by atoms with van der Waals surface area (Å²) in [4.78, 5) is 17.5. The first-order valence-corrected chi connectivity index (χ1v) is 10.3. The minimum atomic E-state index is -2.27. The van der Waals surface area contributed by atoms with Crippen LogP contribution >= 0.6 is 0 Å². The third-order valence-electron chi connectivity index (χ3n) is 4.72. The van der Waals surface area contributed by atoms with E-state index in [0.29, 0.717) is 51.1 Å². The number of phenols is 1. The van der Waals surface area contributed by atoms with Crippen LogP contribution in [0, 0.1) is 0 Å². The first kappa shape index (κ1) is 18.9. The number of rotatable bonds is 5. The van der Waals surface area contributed by atoms with Crippen LogP contribution in [-0.2, 0) is 16.7 Å². The van der Waals surface area contributed by atoms with Crippen molar-refractivity contribution >= 4 is 43.2 Å². The van der Waals surface area contributed by atoms with Gasteiger partial charge in [0.15, 0.2) is 16.8 Å². The molecule has 0 aromatic heterocycles. The van der Waals surface area contributed by atoms with Gasteiger partial charge in [0, 0.05) is 28.8 Å². The lowest BCUT2D eigenvalue weighted by molar-refractivity contribution is 0.471. The summed E-state index contributed by atoms with van der Waals surface area (Å²) in [5.41, 5.74) is 2.30. The Balaban J connectivity index is 2.07. The molecule has 8 heteroatoms. The van der Waals surface area contributed by atoms with Crippen molar-refractivity contribution in [3.05, 3.63) is 52.2 Å². The van der Waals surface area contributed by atoms with E-state index in [1.807, 2.05) is 25.1 Å². The van der Waals surface area contributed by atoms with Gasteiger partial charge in [-0.05, 0) is 43.5 Å².